The summed E-state index contributed by atoms with van der Waals surface area (Å²) in [6.45, 7) is 4.76. The number of benzene rings is 3. The van der Waals surface area contributed by atoms with E-state index >= 15 is 0 Å². The standard InChI is InChI=1S/C27H29N3O4S/c1-4-5-15-33-23-12-10-21(11-13-23)26(31)34-24-14-9-20(17-25(24)32-3)18-28-30-27(35)29-22-8-6-7-19(2)16-22/h6-14,16-18H,4-5,15H2,1-3H3,(H2,29,30,35)/b28-18+. The third-order valence-electron chi connectivity index (χ3n) is 4.90. The van der Waals surface area contributed by atoms with Crippen LogP contribution in [0, 0.1) is 6.92 Å². The summed E-state index contributed by atoms with van der Waals surface area (Å²) < 4.78 is 16.6. The molecule has 0 bridgehead atoms. The summed E-state index contributed by atoms with van der Waals surface area (Å²) in [6.07, 6.45) is 3.64. The van der Waals surface area contributed by atoms with Gasteiger partial charge in [0.25, 0.3) is 0 Å². The minimum absolute atomic E-state index is 0.308. The second-order valence-electron chi connectivity index (χ2n) is 7.72. The van der Waals surface area contributed by atoms with Gasteiger partial charge in [-0.1, -0.05) is 25.5 Å². The highest BCUT2D eigenvalue weighted by Gasteiger charge is 2.13. The number of hydrogen-bond acceptors (Lipinski definition) is 6. The molecule has 2 N–H and O–H groups in total. The molecule has 35 heavy (non-hydrogen) atoms. The van der Waals surface area contributed by atoms with E-state index in [2.05, 4.69) is 22.8 Å². The first-order valence-corrected chi connectivity index (χ1v) is 11.7. The zero-order valence-electron chi connectivity index (χ0n) is 20.0. The number of anilines is 1. The highest BCUT2D eigenvalue weighted by molar-refractivity contribution is 7.80. The van der Waals surface area contributed by atoms with Crippen molar-refractivity contribution in [3.05, 3.63) is 83.4 Å². The van der Waals surface area contributed by atoms with Crippen molar-refractivity contribution in [3.63, 3.8) is 0 Å². The number of carbonyl (C=O) groups excluding carboxylic acids is 1. The minimum Gasteiger partial charge on any atom is -0.494 e. The van der Waals surface area contributed by atoms with E-state index in [4.69, 9.17) is 26.4 Å². The van der Waals surface area contributed by atoms with Crippen LogP contribution in [0.4, 0.5) is 5.69 Å². The van der Waals surface area contributed by atoms with Gasteiger partial charge in [0.1, 0.15) is 5.75 Å². The summed E-state index contributed by atoms with van der Waals surface area (Å²) in [4.78, 5) is 12.6. The Morgan fingerprint density at radius 1 is 1.06 bits per heavy atom. The van der Waals surface area contributed by atoms with Gasteiger partial charge in [0.05, 0.1) is 25.5 Å². The Morgan fingerprint density at radius 3 is 2.57 bits per heavy atom. The molecule has 0 aliphatic carbocycles. The lowest BCUT2D eigenvalue weighted by atomic mass is 10.2. The first-order chi connectivity index (χ1) is 17.0. The molecule has 0 aliphatic rings. The van der Waals surface area contributed by atoms with E-state index in [0.29, 0.717) is 28.8 Å². The van der Waals surface area contributed by atoms with Gasteiger partial charge in [0.2, 0.25) is 0 Å². The average molecular weight is 492 g/mol. The van der Waals surface area contributed by atoms with Gasteiger partial charge in [-0.05, 0) is 91.3 Å². The second kappa shape index (κ2) is 13.1. The van der Waals surface area contributed by atoms with Gasteiger partial charge in [-0.25, -0.2) is 4.79 Å². The number of hydrazone groups is 1. The topological polar surface area (TPSA) is 81.2 Å². The van der Waals surface area contributed by atoms with Crippen LogP contribution in [-0.4, -0.2) is 31.0 Å². The molecule has 0 aromatic heterocycles. The number of hydrogen-bond donors (Lipinski definition) is 2. The molecule has 0 saturated carbocycles. The molecule has 7 nitrogen and oxygen atoms in total. The van der Waals surface area contributed by atoms with Gasteiger partial charge in [-0.3, -0.25) is 5.43 Å². The fourth-order valence-electron chi connectivity index (χ4n) is 3.08. The summed E-state index contributed by atoms with van der Waals surface area (Å²) in [5.74, 6) is 0.947. The smallest absolute Gasteiger partial charge is 0.343 e. The van der Waals surface area contributed by atoms with Gasteiger partial charge in [0, 0.05) is 5.69 Å². The third-order valence-corrected chi connectivity index (χ3v) is 5.10. The Balaban J connectivity index is 1.57. The van der Waals surface area contributed by atoms with Gasteiger partial charge in [-0.15, -0.1) is 0 Å². The number of aryl methyl sites for hydroxylation is 1. The van der Waals surface area contributed by atoms with E-state index in [-0.39, 0.29) is 0 Å². The summed E-state index contributed by atoms with van der Waals surface area (Å²) in [6, 6.07) is 19.9. The second-order valence-corrected chi connectivity index (χ2v) is 8.13. The van der Waals surface area contributed by atoms with Crippen LogP contribution in [0.2, 0.25) is 0 Å². The lowest BCUT2D eigenvalue weighted by Crippen LogP contribution is -2.23. The van der Waals surface area contributed by atoms with Crippen LogP contribution >= 0.6 is 12.2 Å². The molecule has 0 fully saturated rings. The molecular formula is C27H29N3O4S. The number of unbranched alkanes of at least 4 members (excludes halogenated alkanes) is 1. The summed E-state index contributed by atoms with van der Waals surface area (Å²) in [7, 11) is 1.51. The maximum Gasteiger partial charge on any atom is 0.343 e. The van der Waals surface area contributed by atoms with E-state index in [1.807, 2.05) is 31.2 Å². The lowest BCUT2D eigenvalue weighted by molar-refractivity contribution is 0.0729. The molecule has 3 aromatic rings. The Labute approximate surface area is 211 Å². The number of nitrogens with zero attached hydrogens (tertiary/aromatic N) is 1. The first-order valence-electron chi connectivity index (χ1n) is 11.3. The van der Waals surface area contributed by atoms with Crippen LogP contribution in [0.15, 0.2) is 71.8 Å². The van der Waals surface area contributed by atoms with E-state index in [1.165, 1.54) is 7.11 Å². The highest BCUT2D eigenvalue weighted by Crippen LogP contribution is 2.28. The zero-order chi connectivity index (χ0) is 25.0. The van der Waals surface area contributed by atoms with Crippen LogP contribution in [0.1, 0.15) is 41.3 Å². The molecule has 0 saturated heterocycles. The number of thiocarbonyl (C=S) groups is 1. The largest absolute Gasteiger partial charge is 0.494 e. The summed E-state index contributed by atoms with van der Waals surface area (Å²) in [5.41, 5.74) is 5.94. The Kier molecular flexibility index (Phi) is 9.62. The van der Waals surface area contributed by atoms with Gasteiger partial charge < -0.3 is 19.5 Å². The quantitative estimate of drug-likeness (QED) is 0.0937. The van der Waals surface area contributed by atoms with Gasteiger partial charge in [0.15, 0.2) is 16.6 Å². The van der Waals surface area contributed by atoms with Crippen molar-refractivity contribution in [1.82, 2.24) is 5.43 Å². The fourth-order valence-corrected chi connectivity index (χ4v) is 3.25. The molecule has 0 heterocycles. The molecular weight excluding hydrogens is 462 g/mol. The fraction of sp³-hybridized carbons (Fsp3) is 0.222. The molecule has 8 heteroatoms. The highest BCUT2D eigenvalue weighted by atomic mass is 32.1. The van der Waals surface area contributed by atoms with Crippen LogP contribution in [-0.2, 0) is 0 Å². The Hall–Kier alpha value is -3.91. The minimum atomic E-state index is -0.487. The molecule has 0 amide bonds. The predicted octanol–water partition coefficient (Wildman–Crippen LogP) is 5.72. The van der Waals surface area contributed by atoms with Crippen LogP contribution in [0.3, 0.4) is 0 Å². The Bertz CT molecular complexity index is 1180. The van der Waals surface area contributed by atoms with Crippen molar-refractivity contribution in [3.8, 4) is 17.2 Å². The number of ether oxygens (including phenoxy) is 3. The van der Waals surface area contributed by atoms with Crippen molar-refractivity contribution in [2.24, 2.45) is 5.10 Å². The number of rotatable bonds is 10. The average Bonchev–Trinajstić information content (AvgIpc) is 2.85. The molecule has 3 rings (SSSR count). The maximum atomic E-state index is 12.6. The van der Waals surface area contributed by atoms with Crippen molar-refractivity contribution in [1.29, 1.82) is 0 Å². The monoisotopic (exact) mass is 491 g/mol. The van der Waals surface area contributed by atoms with E-state index in [1.54, 1.807) is 48.7 Å². The first kappa shape index (κ1) is 25.7. The van der Waals surface area contributed by atoms with Crippen molar-refractivity contribution >= 4 is 35.2 Å². The SMILES string of the molecule is CCCCOc1ccc(C(=O)Oc2ccc(/C=N/NC(=S)Nc3cccc(C)c3)cc2OC)cc1. The van der Waals surface area contributed by atoms with E-state index < -0.39 is 5.97 Å². The van der Waals surface area contributed by atoms with Crippen molar-refractivity contribution < 1.29 is 19.0 Å². The molecule has 0 aliphatic heterocycles. The zero-order valence-corrected chi connectivity index (χ0v) is 20.9. The predicted molar refractivity (Wildman–Crippen MR) is 143 cm³/mol. The molecule has 182 valence electrons. The number of esters is 1. The lowest BCUT2D eigenvalue weighted by Gasteiger charge is -2.11. The summed E-state index contributed by atoms with van der Waals surface area (Å²) >= 11 is 5.27. The third kappa shape index (κ3) is 8.12. The van der Waals surface area contributed by atoms with Crippen LogP contribution in [0.25, 0.3) is 0 Å². The van der Waals surface area contributed by atoms with Crippen molar-refractivity contribution in [2.45, 2.75) is 26.7 Å². The number of carbonyl (C=O) groups is 1. The molecule has 0 atom stereocenters. The maximum absolute atomic E-state index is 12.6. The number of methoxy groups -OCH3 is 1. The van der Waals surface area contributed by atoms with Crippen molar-refractivity contribution in [2.75, 3.05) is 19.0 Å². The van der Waals surface area contributed by atoms with Gasteiger partial charge in [-0.2, -0.15) is 5.10 Å². The molecule has 0 spiro atoms. The molecule has 0 radical (unpaired) electrons. The van der Waals surface area contributed by atoms with E-state index in [0.717, 1.165) is 35.4 Å². The Morgan fingerprint density at radius 2 is 1.86 bits per heavy atom. The molecule has 0 unspecified atom stereocenters. The van der Waals surface area contributed by atoms with Crippen LogP contribution in [0.5, 0.6) is 17.2 Å². The number of nitrogens with one attached hydrogen (secondary N) is 2. The normalized spacial score (nSPS) is 10.6. The molecule has 3 aromatic carbocycles. The summed E-state index contributed by atoms with van der Waals surface area (Å²) in [5, 5.41) is 7.59. The van der Waals surface area contributed by atoms with Crippen LogP contribution < -0.4 is 25.0 Å². The van der Waals surface area contributed by atoms with E-state index in [9.17, 15) is 4.79 Å². The van der Waals surface area contributed by atoms with Gasteiger partial charge >= 0.3 is 5.97 Å².